The van der Waals surface area contributed by atoms with Gasteiger partial charge in [0, 0.05) is 24.9 Å². The molecule has 0 N–H and O–H groups in total. The van der Waals surface area contributed by atoms with Crippen molar-refractivity contribution in [3.05, 3.63) is 70.3 Å². The van der Waals surface area contributed by atoms with Crippen LogP contribution in [0, 0.1) is 6.92 Å². The first-order valence-electron chi connectivity index (χ1n) is 8.16. The van der Waals surface area contributed by atoms with Gasteiger partial charge < -0.3 is 9.47 Å². The van der Waals surface area contributed by atoms with E-state index in [2.05, 4.69) is 4.99 Å². The number of ether oxygens (including phenoxy) is 2. The van der Waals surface area contributed by atoms with E-state index < -0.39 is 0 Å². The maximum atomic E-state index is 12.6. The number of aliphatic imine (C=N–C) groups is 1. The lowest BCUT2D eigenvalue weighted by Crippen LogP contribution is -2.21. The van der Waals surface area contributed by atoms with Crippen LogP contribution in [0.4, 0.5) is 5.82 Å². The zero-order valence-corrected chi connectivity index (χ0v) is 15.3. The van der Waals surface area contributed by atoms with Crippen molar-refractivity contribution in [1.29, 1.82) is 0 Å². The molecule has 134 valence electrons. The topological polar surface area (TPSA) is 57.8 Å². The number of methoxy groups -OCH3 is 2. The summed E-state index contributed by atoms with van der Waals surface area (Å²) in [6.07, 6.45) is 1.69. The van der Waals surface area contributed by atoms with Crippen molar-refractivity contribution in [2.45, 2.75) is 6.92 Å². The van der Waals surface area contributed by atoms with Gasteiger partial charge in [-0.15, -0.1) is 0 Å². The molecule has 1 heterocycles. The maximum Gasteiger partial charge on any atom is 0.334 e. The lowest BCUT2D eigenvalue weighted by Gasteiger charge is -2.07. The molecule has 0 unspecified atom stereocenters. The van der Waals surface area contributed by atoms with E-state index in [1.807, 2.05) is 49.4 Å². The summed E-state index contributed by atoms with van der Waals surface area (Å²) in [4.78, 5) is 17.2. The van der Waals surface area contributed by atoms with E-state index in [0.29, 0.717) is 17.3 Å². The fourth-order valence-corrected chi connectivity index (χ4v) is 2.84. The van der Waals surface area contributed by atoms with Crippen LogP contribution in [0.15, 0.2) is 58.3 Å². The van der Waals surface area contributed by atoms with Gasteiger partial charge in [0.15, 0.2) is 5.82 Å². The van der Waals surface area contributed by atoms with Crippen molar-refractivity contribution in [1.82, 2.24) is 9.13 Å². The molecule has 0 spiro atoms. The predicted octanol–water partition coefficient (Wildman–Crippen LogP) is 3.25. The third kappa shape index (κ3) is 3.13. The van der Waals surface area contributed by atoms with Gasteiger partial charge in [0.05, 0.1) is 25.6 Å². The summed E-state index contributed by atoms with van der Waals surface area (Å²) in [6.45, 7) is 1.88. The molecule has 1 aromatic heterocycles. The summed E-state index contributed by atoms with van der Waals surface area (Å²) in [6, 6.07) is 15.0. The van der Waals surface area contributed by atoms with E-state index in [0.717, 1.165) is 16.9 Å². The molecule has 0 saturated carbocycles. The average Bonchev–Trinajstić information content (AvgIpc) is 2.89. The van der Waals surface area contributed by atoms with Gasteiger partial charge in [0.2, 0.25) is 0 Å². The number of rotatable bonds is 5. The van der Waals surface area contributed by atoms with Crippen molar-refractivity contribution >= 4 is 12.0 Å². The third-order valence-electron chi connectivity index (χ3n) is 4.24. The molecule has 0 aliphatic rings. The van der Waals surface area contributed by atoms with E-state index in [1.165, 1.54) is 4.57 Å². The number of hydrogen-bond acceptors (Lipinski definition) is 4. The van der Waals surface area contributed by atoms with Crippen molar-refractivity contribution in [2.24, 2.45) is 12.0 Å². The van der Waals surface area contributed by atoms with Crippen molar-refractivity contribution in [2.75, 3.05) is 14.2 Å². The first kappa shape index (κ1) is 17.5. The molecule has 0 aliphatic carbocycles. The van der Waals surface area contributed by atoms with Gasteiger partial charge in [-0.2, -0.15) is 0 Å². The molecule has 0 atom stereocenters. The third-order valence-corrected chi connectivity index (χ3v) is 4.24. The Bertz CT molecular complexity index is 1000. The van der Waals surface area contributed by atoms with Crippen LogP contribution in [0.1, 0.15) is 11.3 Å². The number of para-hydroxylation sites is 1. The molecular formula is C20H21N3O3. The molecule has 3 rings (SSSR count). The number of benzene rings is 2. The van der Waals surface area contributed by atoms with Crippen LogP contribution < -0.4 is 15.2 Å². The normalized spacial score (nSPS) is 11.1. The first-order chi connectivity index (χ1) is 12.6. The smallest absolute Gasteiger partial charge is 0.334 e. The SMILES string of the molecule is COc1ccc(/C=N/c2c(C)n(-c3ccccc3)c(=O)n2C)c(OC)c1. The summed E-state index contributed by atoms with van der Waals surface area (Å²) in [5.41, 5.74) is 2.25. The lowest BCUT2D eigenvalue weighted by atomic mass is 10.2. The monoisotopic (exact) mass is 351 g/mol. The number of imidazole rings is 1. The fraction of sp³-hybridized carbons (Fsp3) is 0.200. The largest absolute Gasteiger partial charge is 0.497 e. The minimum absolute atomic E-state index is 0.137. The molecule has 0 fully saturated rings. The van der Waals surface area contributed by atoms with Gasteiger partial charge in [-0.25, -0.2) is 9.79 Å². The van der Waals surface area contributed by atoms with Gasteiger partial charge in [-0.05, 0) is 31.2 Å². The number of nitrogens with zero attached hydrogens (tertiary/aromatic N) is 3. The van der Waals surface area contributed by atoms with Crippen LogP contribution in [-0.4, -0.2) is 29.6 Å². The molecular weight excluding hydrogens is 330 g/mol. The summed E-state index contributed by atoms with van der Waals surface area (Å²) in [5.74, 6) is 1.95. The van der Waals surface area contributed by atoms with Crippen LogP contribution >= 0.6 is 0 Å². The summed E-state index contributed by atoms with van der Waals surface area (Å²) < 4.78 is 13.8. The van der Waals surface area contributed by atoms with E-state index in [1.54, 1.807) is 38.1 Å². The van der Waals surface area contributed by atoms with E-state index in [4.69, 9.17) is 9.47 Å². The van der Waals surface area contributed by atoms with Gasteiger partial charge in [-0.1, -0.05) is 18.2 Å². The summed E-state index contributed by atoms with van der Waals surface area (Å²) >= 11 is 0. The van der Waals surface area contributed by atoms with Crippen molar-refractivity contribution < 1.29 is 9.47 Å². The highest BCUT2D eigenvalue weighted by Crippen LogP contribution is 2.25. The van der Waals surface area contributed by atoms with Crippen LogP contribution in [0.3, 0.4) is 0 Å². The highest BCUT2D eigenvalue weighted by atomic mass is 16.5. The van der Waals surface area contributed by atoms with Crippen LogP contribution in [0.5, 0.6) is 11.5 Å². The highest BCUT2D eigenvalue weighted by Gasteiger charge is 2.15. The standard InChI is InChI=1S/C20H21N3O3/c1-14-19(21-13-15-10-11-17(25-3)12-18(15)26-4)22(2)20(24)23(14)16-8-6-5-7-9-16/h5-13H,1-4H3/b21-13+. The molecule has 2 aromatic carbocycles. The zero-order chi connectivity index (χ0) is 18.7. The average molecular weight is 351 g/mol. The Hall–Kier alpha value is -3.28. The molecule has 26 heavy (non-hydrogen) atoms. The lowest BCUT2D eigenvalue weighted by molar-refractivity contribution is 0.394. The Kier molecular flexibility index (Phi) is 4.93. The molecule has 0 saturated heterocycles. The molecule has 6 nitrogen and oxygen atoms in total. The maximum absolute atomic E-state index is 12.6. The first-order valence-corrected chi connectivity index (χ1v) is 8.16. The predicted molar refractivity (Wildman–Crippen MR) is 103 cm³/mol. The Morgan fingerprint density at radius 3 is 2.42 bits per heavy atom. The molecule has 0 amide bonds. The highest BCUT2D eigenvalue weighted by molar-refractivity contribution is 5.85. The second-order valence-electron chi connectivity index (χ2n) is 5.79. The Morgan fingerprint density at radius 1 is 1.04 bits per heavy atom. The van der Waals surface area contributed by atoms with Gasteiger partial charge in [0.25, 0.3) is 0 Å². The molecule has 0 radical (unpaired) electrons. The summed E-state index contributed by atoms with van der Waals surface area (Å²) in [7, 11) is 4.92. The van der Waals surface area contributed by atoms with Crippen molar-refractivity contribution in [3.8, 4) is 17.2 Å². The molecule has 3 aromatic rings. The molecule has 0 aliphatic heterocycles. The zero-order valence-electron chi connectivity index (χ0n) is 15.3. The quantitative estimate of drug-likeness (QED) is 0.663. The Labute approximate surface area is 152 Å². The van der Waals surface area contributed by atoms with E-state index in [-0.39, 0.29) is 5.69 Å². The number of aromatic nitrogens is 2. The minimum atomic E-state index is -0.137. The Morgan fingerprint density at radius 2 is 1.77 bits per heavy atom. The summed E-state index contributed by atoms with van der Waals surface area (Å²) in [5, 5.41) is 0. The minimum Gasteiger partial charge on any atom is -0.497 e. The van der Waals surface area contributed by atoms with Crippen LogP contribution in [0.25, 0.3) is 5.69 Å². The van der Waals surface area contributed by atoms with Crippen LogP contribution in [0.2, 0.25) is 0 Å². The number of hydrogen-bond donors (Lipinski definition) is 0. The van der Waals surface area contributed by atoms with Gasteiger partial charge in [0.1, 0.15) is 11.5 Å². The van der Waals surface area contributed by atoms with Gasteiger partial charge >= 0.3 is 5.69 Å². The Balaban J connectivity index is 2.04. The second kappa shape index (κ2) is 7.31. The second-order valence-corrected chi connectivity index (χ2v) is 5.79. The van der Waals surface area contributed by atoms with E-state index >= 15 is 0 Å². The van der Waals surface area contributed by atoms with E-state index in [9.17, 15) is 4.79 Å². The molecule has 0 bridgehead atoms. The van der Waals surface area contributed by atoms with Gasteiger partial charge in [-0.3, -0.25) is 9.13 Å². The molecule has 6 heteroatoms. The van der Waals surface area contributed by atoms with Crippen LogP contribution in [-0.2, 0) is 7.05 Å². The van der Waals surface area contributed by atoms with Crippen molar-refractivity contribution in [3.63, 3.8) is 0 Å². The fourth-order valence-electron chi connectivity index (χ4n) is 2.84.